The minimum Gasteiger partial charge on any atom is -0.340 e. The monoisotopic (exact) mass is 416 g/mol. The van der Waals surface area contributed by atoms with Gasteiger partial charge in [-0.15, -0.1) is 0 Å². The molecule has 0 aliphatic carbocycles. The molecule has 0 amide bonds. The zero-order chi connectivity index (χ0) is 19.1. The molecule has 0 aliphatic rings. The molecule has 2 aromatic carbocycles. The number of aromatic nitrogens is 3. The molecular weight excluding hydrogens is 403 g/mol. The molecular formula is C20H15Cl3N4. The lowest BCUT2D eigenvalue weighted by molar-refractivity contribution is 0.917. The van der Waals surface area contributed by atoms with Crippen LogP contribution < -0.4 is 5.32 Å². The Hall–Kier alpha value is -2.27. The van der Waals surface area contributed by atoms with Gasteiger partial charge in [0.1, 0.15) is 5.82 Å². The number of benzene rings is 2. The van der Waals surface area contributed by atoms with Gasteiger partial charge < -0.3 is 5.32 Å². The summed E-state index contributed by atoms with van der Waals surface area (Å²) in [6, 6.07) is 15.0. The molecule has 7 heteroatoms. The van der Waals surface area contributed by atoms with E-state index < -0.39 is 0 Å². The maximum Gasteiger partial charge on any atom is 0.165 e. The summed E-state index contributed by atoms with van der Waals surface area (Å²) >= 11 is 18.2. The van der Waals surface area contributed by atoms with Gasteiger partial charge in [-0.1, -0.05) is 46.9 Å². The van der Waals surface area contributed by atoms with Gasteiger partial charge in [0.2, 0.25) is 0 Å². The lowest BCUT2D eigenvalue weighted by atomic mass is 10.1. The van der Waals surface area contributed by atoms with Crippen LogP contribution in [-0.2, 0) is 0 Å². The van der Waals surface area contributed by atoms with E-state index in [0.29, 0.717) is 15.1 Å². The minimum absolute atomic E-state index is 0.488. The Morgan fingerprint density at radius 3 is 2.33 bits per heavy atom. The van der Waals surface area contributed by atoms with E-state index in [1.807, 2.05) is 50.2 Å². The summed E-state index contributed by atoms with van der Waals surface area (Å²) in [5.41, 5.74) is 5.35. The smallest absolute Gasteiger partial charge is 0.165 e. The summed E-state index contributed by atoms with van der Waals surface area (Å²) in [6.07, 6.45) is 0. The first kappa shape index (κ1) is 18.1. The van der Waals surface area contributed by atoms with E-state index in [0.717, 1.165) is 39.7 Å². The second kappa shape index (κ2) is 7.04. The average Bonchev–Trinajstić information content (AvgIpc) is 2.95. The number of hydrogen-bond acceptors (Lipinski definition) is 3. The summed E-state index contributed by atoms with van der Waals surface area (Å²) in [4.78, 5) is 4.71. The number of anilines is 2. The standard InChI is InChI=1S/C20H15Cl3N4/c1-11-9-18(25-15-7-8-16(22)17(23)10-15)27-20(24-11)19(12(2)26-27)13-3-5-14(21)6-4-13/h3-10,25H,1-2H3. The molecule has 0 spiro atoms. The first-order chi connectivity index (χ1) is 12.9. The van der Waals surface area contributed by atoms with Gasteiger partial charge in [0.15, 0.2) is 5.65 Å². The van der Waals surface area contributed by atoms with Crippen molar-refractivity contribution in [3.8, 4) is 11.1 Å². The van der Waals surface area contributed by atoms with E-state index in [1.54, 1.807) is 16.6 Å². The fourth-order valence-corrected chi connectivity index (χ4v) is 3.43. The molecule has 0 saturated heterocycles. The molecule has 2 heterocycles. The minimum atomic E-state index is 0.488. The Morgan fingerprint density at radius 2 is 1.63 bits per heavy atom. The molecule has 0 bridgehead atoms. The molecule has 0 unspecified atom stereocenters. The molecule has 136 valence electrons. The van der Waals surface area contributed by atoms with E-state index in [-0.39, 0.29) is 0 Å². The van der Waals surface area contributed by atoms with Crippen LogP contribution in [0.15, 0.2) is 48.5 Å². The molecule has 2 aromatic heterocycles. The summed E-state index contributed by atoms with van der Waals surface area (Å²) in [7, 11) is 0. The number of rotatable bonds is 3. The Labute approximate surface area is 171 Å². The molecule has 0 atom stereocenters. The number of fused-ring (bicyclic) bond motifs is 1. The van der Waals surface area contributed by atoms with Crippen molar-refractivity contribution in [3.05, 3.63) is 75.0 Å². The van der Waals surface area contributed by atoms with E-state index >= 15 is 0 Å². The van der Waals surface area contributed by atoms with E-state index in [2.05, 4.69) is 10.4 Å². The largest absolute Gasteiger partial charge is 0.340 e. The highest BCUT2D eigenvalue weighted by molar-refractivity contribution is 6.42. The second-order valence-electron chi connectivity index (χ2n) is 6.24. The fourth-order valence-electron chi connectivity index (χ4n) is 3.01. The first-order valence-electron chi connectivity index (χ1n) is 8.27. The zero-order valence-corrected chi connectivity index (χ0v) is 16.9. The lowest BCUT2D eigenvalue weighted by Gasteiger charge is -2.10. The number of hydrogen-bond donors (Lipinski definition) is 1. The molecule has 0 aliphatic heterocycles. The van der Waals surface area contributed by atoms with Crippen LogP contribution in [0.25, 0.3) is 16.8 Å². The quantitative estimate of drug-likeness (QED) is 0.402. The van der Waals surface area contributed by atoms with E-state index in [4.69, 9.17) is 39.8 Å². The van der Waals surface area contributed by atoms with Crippen molar-refractivity contribution in [1.82, 2.24) is 14.6 Å². The number of nitrogens with one attached hydrogen (secondary N) is 1. The van der Waals surface area contributed by atoms with Crippen molar-refractivity contribution < 1.29 is 0 Å². The number of nitrogens with zero attached hydrogens (tertiary/aromatic N) is 3. The second-order valence-corrected chi connectivity index (χ2v) is 7.49. The van der Waals surface area contributed by atoms with Crippen molar-refractivity contribution in [2.75, 3.05) is 5.32 Å². The third-order valence-electron chi connectivity index (χ3n) is 4.22. The third-order valence-corrected chi connectivity index (χ3v) is 5.21. The summed E-state index contributed by atoms with van der Waals surface area (Å²) in [5.74, 6) is 0.791. The summed E-state index contributed by atoms with van der Waals surface area (Å²) < 4.78 is 1.80. The Morgan fingerprint density at radius 1 is 0.889 bits per heavy atom. The van der Waals surface area contributed by atoms with Crippen molar-refractivity contribution in [2.24, 2.45) is 0 Å². The zero-order valence-electron chi connectivity index (χ0n) is 14.6. The Balaban J connectivity index is 1.86. The van der Waals surface area contributed by atoms with Crippen LogP contribution in [0.1, 0.15) is 11.4 Å². The fraction of sp³-hybridized carbons (Fsp3) is 0.100. The number of aryl methyl sites for hydroxylation is 2. The van der Waals surface area contributed by atoms with E-state index in [9.17, 15) is 0 Å². The van der Waals surface area contributed by atoms with Gasteiger partial charge in [0, 0.05) is 28.0 Å². The maximum absolute atomic E-state index is 6.13. The molecule has 0 radical (unpaired) electrons. The van der Waals surface area contributed by atoms with Crippen LogP contribution in [0, 0.1) is 13.8 Å². The van der Waals surface area contributed by atoms with Crippen molar-refractivity contribution in [2.45, 2.75) is 13.8 Å². The van der Waals surface area contributed by atoms with Crippen LogP contribution in [0.5, 0.6) is 0 Å². The van der Waals surface area contributed by atoms with Crippen molar-refractivity contribution >= 4 is 52.0 Å². The van der Waals surface area contributed by atoms with Crippen molar-refractivity contribution in [3.63, 3.8) is 0 Å². The predicted octanol–water partition coefficient (Wildman–Crippen LogP) is 6.72. The highest BCUT2D eigenvalue weighted by atomic mass is 35.5. The van der Waals surface area contributed by atoms with Crippen molar-refractivity contribution in [1.29, 1.82) is 0 Å². The van der Waals surface area contributed by atoms with Gasteiger partial charge >= 0.3 is 0 Å². The molecule has 0 saturated carbocycles. The third kappa shape index (κ3) is 3.48. The highest BCUT2D eigenvalue weighted by Crippen LogP contribution is 2.32. The molecule has 4 aromatic rings. The van der Waals surface area contributed by atoms with Crippen LogP contribution in [-0.4, -0.2) is 14.6 Å². The van der Waals surface area contributed by atoms with Crippen LogP contribution in [0.3, 0.4) is 0 Å². The molecule has 27 heavy (non-hydrogen) atoms. The van der Waals surface area contributed by atoms with Gasteiger partial charge in [-0.25, -0.2) is 4.98 Å². The SMILES string of the molecule is Cc1cc(Nc2ccc(Cl)c(Cl)c2)n2nc(C)c(-c3ccc(Cl)cc3)c2n1. The molecule has 4 rings (SSSR count). The number of halogens is 3. The molecule has 1 N–H and O–H groups in total. The van der Waals surface area contributed by atoms with Gasteiger partial charge in [-0.3, -0.25) is 0 Å². The Bertz CT molecular complexity index is 1150. The average molecular weight is 418 g/mol. The highest BCUT2D eigenvalue weighted by Gasteiger charge is 2.16. The normalized spacial score (nSPS) is 11.1. The van der Waals surface area contributed by atoms with E-state index in [1.165, 1.54) is 0 Å². The molecule has 0 fully saturated rings. The van der Waals surface area contributed by atoms with Gasteiger partial charge in [0.05, 0.1) is 15.7 Å². The lowest BCUT2D eigenvalue weighted by Crippen LogP contribution is -2.02. The first-order valence-corrected chi connectivity index (χ1v) is 9.41. The van der Waals surface area contributed by atoms with Crippen LogP contribution in [0.2, 0.25) is 15.1 Å². The van der Waals surface area contributed by atoms with Gasteiger partial charge in [-0.2, -0.15) is 9.61 Å². The molecule has 4 nitrogen and oxygen atoms in total. The Kier molecular flexibility index (Phi) is 4.72. The maximum atomic E-state index is 6.13. The van der Waals surface area contributed by atoms with Gasteiger partial charge in [0.25, 0.3) is 0 Å². The topological polar surface area (TPSA) is 42.2 Å². The van der Waals surface area contributed by atoms with Crippen LogP contribution in [0.4, 0.5) is 11.5 Å². The van der Waals surface area contributed by atoms with Crippen LogP contribution >= 0.6 is 34.8 Å². The predicted molar refractivity (Wildman–Crippen MR) is 113 cm³/mol. The summed E-state index contributed by atoms with van der Waals surface area (Å²) in [6.45, 7) is 3.92. The van der Waals surface area contributed by atoms with Gasteiger partial charge in [-0.05, 0) is 49.7 Å². The summed E-state index contributed by atoms with van der Waals surface area (Å²) in [5, 5.41) is 9.74.